The third-order valence-corrected chi connectivity index (χ3v) is 3.84. The lowest BCUT2D eigenvalue weighted by Crippen LogP contribution is -2.56. The molecular weight excluding hydrogens is 246 g/mol. The smallest absolute Gasteiger partial charge is 0.152 e. The molecule has 1 aromatic carbocycles. The summed E-state index contributed by atoms with van der Waals surface area (Å²) < 4.78 is 28.2. The monoisotopic (exact) mass is 268 g/mol. The van der Waals surface area contributed by atoms with Gasteiger partial charge >= 0.3 is 0 Å². The van der Waals surface area contributed by atoms with Crippen LogP contribution in [0.15, 0.2) is 12.1 Å². The lowest BCUT2D eigenvalue weighted by molar-refractivity contribution is 0.379. The maximum Gasteiger partial charge on any atom is 0.152 e. The molecule has 0 radical (unpaired) electrons. The van der Waals surface area contributed by atoms with Crippen molar-refractivity contribution in [3.05, 3.63) is 29.3 Å². The number of nitrogens with one attached hydrogen (secondary N) is 1. The number of aryl methyl sites for hydroxylation is 1. The van der Waals surface area contributed by atoms with Crippen molar-refractivity contribution in [2.75, 3.05) is 18.0 Å². The van der Waals surface area contributed by atoms with E-state index in [1.165, 1.54) is 12.1 Å². The first kappa shape index (κ1) is 14.3. The Labute approximate surface area is 113 Å². The average molecular weight is 268 g/mol. The highest BCUT2D eigenvalue weighted by Gasteiger charge is 2.28. The highest BCUT2D eigenvalue weighted by molar-refractivity contribution is 5.53. The van der Waals surface area contributed by atoms with Crippen molar-refractivity contribution >= 4 is 5.69 Å². The van der Waals surface area contributed by atoms with Crippen molar-refractivity contribution in [3.8, 4) is 0 Å². The first-order valence-corrected chi connectivity index (χ1v) is 6.99. The maximum absolute atomic E-state index is 14.2. The average Bonchev–Trinajstić information content (AvgIpc) is 2.38. The fourth-order valence-electron chi connectivity index (χ4n) is 2.69. The molecule has 1 aromatic rings. The number of piperazine rings is 1. The van der Waals surface area contributed by atoms with E-state index in [1.54, 1.807) is 6.92 Å². The maximum atomic E-state index is 14.2. The van der Waals surface area contributed by atoms with Gasteiger partial charge in [0.1, 0.15) is 11.5 Å². The summed E-state index contributed by atoms with van der Waals surface area (Å²) in [6.45, 7) is 7.21. The van der Waals surface area contributed by atoms with Crippen LogP contribution in [0.25, 0.3) is 0 Å². The van der Waals surface area contributed by atoms with Crippen LogP contribution in [0.2, 0.25) is 0 Å². The van der Waals surface area contributed by atoms with Crippen LogP contribution < -0.4 is 10.2 Å². The first-order valence-electron chi connectivity index (χ1n) is 6.99. The molecule has 1 N–H and O–H groups in total. The number of nitrogens with zero attached hydrogens (tertiary/aromatic N) is 1. The van der Waals surface area contributed by atoms with Crippen molar-refractivity contribution in [2.24, 2.45) is 0 Å². The molecule has 2 atom stereocenters. The van der Waals surface area contributed by atoms with Crippen molar-refractivity contribution in [1.29, 1.82) is 0 Å². The van der Waals surface area contributed by atoms with Crippen LogP contribution in [0.3, 0.4) is 0 Å². The van der Waals surface area contributed by atoms with E-state index >= 15 is 0 Å². The summed E-state index contributed by atoms with van der Waals surface area (Å²) >= 11 is 0. The summed E-state index contributed by atoms with van der Waals surface area (Å²) in [5, 5.41) is 3.44. The predicted octanol–water partition coefficient (Wildman–Crippen LogP) is 3.24. The van der Waals surface area contributed by atoms with E-state index in [4.69, 9.17) is 0 Å². The Balaban J connectivity index is 2.31. The molecule has 1 aliphatic rings. The predicted molar refractivity (Wildman–Crippen MR) is 74.6 cm³/mol. The molecule has 0 aromatic heterocycles. The highest BCUT2D eigenvalue weighted by atomic mass is 19.1. The zero-order valence-electron chi connectivity index (χ0n) is 11.8. The van der Waals surface area contributed by atoms with Gasteiger partial charge in [-0.1, -0.05) is 19.4 Å². The van der Waals surface area contributed by atoms with E-state index in [9.17, 15) is 8.78 Å². The molecule has 0 bridgehead atoms. The Hall–Kier alpha value is -1.16. The Kier molecular flexibility index (Phi) is 4.40. The normalized spacial score (nSPS) is 23.7. The fraction of sp³-hybridized carbons (Fsp3) is 0.600. The van der Waals surface area contributed by atoms with E-state index < -0.39 is 11.6 Å². The molecule has 106 valence electrons. The van der Waals surface area contributed by atoms with E-state index in [0.29, 0.717) is 18.2 Å². The number of anilines is 1. The molecule has 1 aliphatic heterocycles. The topological polar surface area (TPSA) is 15.3 Å². The van der Waals surface area contributed by atoms with Crippen LogP contribution in [-0.4, -0.2) is 25.2 Å². The minimum atomic E-state index is -0.466. The molecule has 1 fully saturated rings. The lowest BCUT2D eigenvalue weighted by Gasteiger charge is -2.40. The second-order valence-electron chi connectivity index (χ2n) is 5.42. The van der Waals surface area contributed by atoms with Gasteiger partial charge in [-0.25, -0.2) is 8.78 Å². The van der Waals surface area contributed by atoms with Crippen LogP contribution in [-0.2, 0) is 0 Å². The van der Waals surface area contributed by atoms with Gasteiger partial charge in [-0.2, -0.15) is 0 Å². The van der Waals surface area contributed by atoms with Crippen LogP contribution in [0.4, 0.5) is 14.5 Å². The Bertz CT molecular complexity index is 448. The third-order valence-electron chi connectivity index (χ3n) is 3.84. The van der Waals surface area contributed by atoms with Gasteiger partial charge in [0, 0.05) is 25.2 Å². The van der Waals surface area contributed by atoms with E-state index in [0.717, 1.165) is 19.4 Å². The van der Waals surface area contributed by atoms with Crippen LogP contribution in [0, 0.1) is 18.6 Å². The van der Waals surface area contributed by atoms with Crippen molar-refractivity contribution in [3.63, 3.8) is 0 Å². The van der Waals surface area contributed by atoms with Gasteiger partial charge in [0.15, 0.2) is 5.82 Å². The summed E-state index contributed by atoms with van der Waals surface area (Å²) in [6, 6.07) is 3.25. The minimum Gasteiger partial charge on any atom is -0.361 e. The summed E-state index contributed by atoms with van der Waals surface area (Å²) in [5.41, 5.74) is 0.629. The minimum absolute atomic E-state index is 0.0962. The Morgan fingerprint density at radius 2 is 2.11 bits per heavy atom. The molecule has 0 amide bonds. The zero-order valence-corrected chi connectivity index (χ0v) is 11.8. The summed E-state index contributed by atoms with van der Waals surface area (Å²) in [7, 11) is 0. The molecule has 2 rings (SSSR count). The molecule has 2 unspecified atom stereocenters. The zero-order chi connectivity index (χ0) is 14.0. The number of hydrogen-bond donors (Lipinski definition) is 1. The summed E-state index contributed by atoms with van der Waals surface area (Å²) in [5.74, 6) is -0.893. The van der Waals surface area contributed by atoms with Gasteiger partial charge in [-0.3, -0.25) is 0 Å². The van der Waals surface area contributed by atoms with Crippen LogP contribution in [0.5, 0.6) is 0 Å². The third kappa shape index (κ3) is 2.89. The van der Waals surface area contributed by atoms with Gasteiger partial charge in [0.05, 0.1) is 0 Å². The van der Waals surface area contributed by atoms with Crippen LogP contribution >= 0.6 is 0 Å². The molecule has 0 spiro atoms. The van der Waals surface area contributed by atoms with E-state index in [2.05, 4.69) is 12.2 Å². The largest absolute Gasteiger partial charge is 0.361 e. The second kappa shape index (κ2) is 5.87. The fourth-order valence-corrected chi connectivity index (χ4v) is 2.69. The molecule has 0 aliphatic carbocycles. The molecular formula is C15H22F2N2. The Morgan fingerprint density at radius 1 is 1.37 bits per heavy atom. The van der Waals surface area contributed by atoms with E-state index in [1.807, 2.05) is 11.8 Å². The second-order valence-corrected chi connectivity index (χ2v) is 5.42. The van der Waals surface area contributed by atoms with Crippen molar-refractivity contribution < 1.29 is 8.78 Å². The molecule has 1 saturated heterocycles. The number of halogens is 2. The summed E-state index contributed by atoms with van der Waals surface area (Å²) in [4.78, 5) is 1.87. The van der Waals surface area contributed by atoms with Gasteiger partial charge in [0.2, 0.25) is 0 Å². The van der Waals surface area contributed by atoms with Gasteiger partial charge < -0.3 is 10.2 Å². The number of benzene rings is 1. The highest BCUT2D eigenvalue weighted by Crippen LogP contribution is 2.29. The number of hydrogen-bond acceptors (Lipinski definition) is 2. The standard InChI is InChI=1S/C15H22F2N2/c1-4-5-12-9-19(11(3)8-18-12)15-13(16)7-6-10(2)14(15)17/h6-7,11-12,18H,4-5,8-9H2,1-3H3. The SMILES string of the molecule is CCCC1CN(c2c(F)ccc(C)c2F)C(C)CN1. The van der Waals surface area contributed by atoms with Crippen molar-refractivity contribution in [2.45, 2.75) is 45.7 Å². The van der Waals surface area contributed by atoms with Gasteiger partial charge in [-0.15, -0.1) is 0 Å². The summed E-state index contributed by atoms with van der Waals surface area (Å²) in [6.07, 6.45) is 2.09. The quantitative estimate of drug-likeness (QED) is 0.905. The van der Waals surface area contributed by atoms with Crippen LogP contribution in [0.1, 0.15) is 32.3 Å². The van der Waals surface area contributed by atoms with Gasteiger partial charge in [0.25, 0.3) is 0 Å². The number of rotatable bonds is 3. The molecule has 0 saturated carbocycles. The van der Waals surface area contributed by atoms with E-state index in [-0.39, 0.29) is 11.7 Å². The molecule has 19 heavy (non-hydrogen) atoms. The Morgan fingerprint density at radius 3 is 2.79 bits per heavy atom. The molecule has 1 heterocycles. The van der Waals surface area contributed by atoms with Gasteiger partial charge in [-0.05, 0) is 31.9 Å². The lowest BCUT2D eigenvalue weighted by atomic mass is 10.0. The molecule has 4 heteroatoms. The van der Waals surface area contributed by atoms with Crippen molar-refractivity contribution in [1.82, 2.24) is 5.32 Å². The molecule has 2 nitrogen and oxygen atoms in total. The first-order chi connectivity index (χ1) is 9.04.